The van der Waals surface area contributed by atoms with Crippen LogP contribution in [-0.2, 0) is 6.42 Å². The van der Waals surface area contributed by atoms with Gasteiger partial charge in [0.1, 0.15) is 16.9 Å². The number of benzene rings is 1. The SMILES string of the molecule is CC1(CO)Cc2cc(NC(=O)c3cnn4cccnc34)c(N3CCCC(O)CC3)cc2O1. The largest absolute Gasteiger partial charge is 0.484 e. The zero-order chi connectivity index (χ0) is 22.3. The second-order valence-electron chi connectivity index (χ2n) is 8.84. The van der Waals surface area contributed by atoms with Crippen molar-refractivity contribution in [2.75, 3.05) is 29.9 Å². The Balaban J connectivity index is 1.51. The molecule has 2 aromatic heterocycles. The molecule has 2 aliphatic rings. The van der Waals surface area contributed by atoms with Crippen molar-refractivity contribution in [1.29, 1.82) is 0 Å². The van der Waals surface area contributed by atoms with Crippen LogP contribution in [0.1, 0.15) is 42.1 Å². The number of amides is 1. The van der Waals surface area contributed by atoms with Gasteiger partial charge in [-0.15, -0.1) is 0 Å². The van der Waals surface area contributed by atoms with Gasteiger partial charge in [-0.2, -0.15) is 5.10 Å². The normalized spacial score (nSPS) is 23.0. The maximum absolute atomic E-state index is 13.2. The molecule has 0 spiro atoms. The van der Waals surface area contributed by atoms with E-state index < -0.39 is 5.60 Å². The van der Waals surface area contributed by atoms with Gasteiger partial charge in [0.25, 0.3) is 5.91 Å². The van der Waals surface area contributed by atoms with Crippen molar-refractivity contribution in [1.82, 2.24) is 14.6 Å². The Kier molecular flexibility index (Phi) is 5.22. The maximum atomic E-state index is 13.2. The third-order valence-corrected chi connectivity index (χ3v) is 6.24. The maximum Gasteiger partial charge on any atom is 0.261 e. The Morgan fingerprint density at radius 3 is 3.06 bits per heavy atom. The number of rotatable bonds is 4. The highest BCUT2D eigenvalue weighted by atomic mass is 16.5. The number of aliphatic hydroxyl groups excluding tert-OH is 2. The van der Waals surface area contributed by atoms with Gasteiger partial charge in [0.2, 0.25) is 0 Å². The monoisotopic (exact) mass is 437 g/mol. The van der Waals surface area contributed by atoms with E-state index in [1.54, 1.807) is 23.0 Å². The van der Waals surface area contributed by atoms with Crippen molar-refractivity contribution in [2.24, 2.45) is 0 Å². The molecule has 5 rings (SSSR count). The van der Waals surface area contributed by atoms with Gasteiger partial charge in [-0.25, -0.2) is 9.50 Å². The molecule has 0 aliphatic carbocycles. The molecule has 1 aromatic carbocycles. The second kappa shape index (κ2) is 8.07. The molecular weight excluding hydrogens is 410 g/mol. The van der Waals surface area contributed by atoms with Crippen LogP contribution in [0.25, 0.3) is 5.65 Å². The Labute approximate surface area is 185 Å². The first-order valence-corrected chi connectivity index (χ1v) is 11.0. The predicted molar refractivity (Wildman–Crippen MR) is 119 cm³/mol. The molecule has 1 fully saturated rings. The van der Waals surface area contributed by atoms with E-state index in [-0.39, 0.29) is 18.6 Å². The van der Waals surface area contributed by atoms with Crippen LogP contribution in [-0.4, -0.2) is 62.1 Å². The van der Waals surface area contributed by atoms with Crippen molar-refractivity contribution >= 4 is 22.9 Å². The minimum absolute atomic E-state index is 0.0946. The molecule has 2 aliphatic heterocycles. The van der Waals surface area contributed by atoms with Gasteiger partial charge in [-0.1, -0.05) is 0 Å². The van der Waals surface area contributed by atoms with E-state index in [4.69, 9.17) is 4.74 Å². The van der Waals surface area contributed by atoms with Gasteiger partial charge >= 0.3 is 0 Å². The average Bonchev–Trinajstić information content (AvgIpc) is 3.28. The lowest BCUT2D eigenvalue weighted by Gasteiger charge is -2.26. The summed E-state index contributed by atoms with van der Waals surface area (Å²) >= 11 is 0. The summed E-state index contributed by atoms with van der Waals surface area (Å²) in [6.07, 6.45) is 7.41. The number of fused-ring (bicyclic) bond motifs is 2. The lowest BCUT2D eigenvalue weighted by atomic mass is 9.99. The van der Waals surface area contributed by atoms with Crippen molar-refractivity contribution in [2.45, 2.75) is 44.3 Å². The molecule has 1 saturated heterocycles. The molecule has 9 nitrogen and oxygen atoms in total. The zero-order valence-electron chi connectivity index (χ0n) is 18.0. The summed E-state index contributed by atoms with van der Waals surface area (Å²) in [5.41, 5.74) is 2.66. The predicted octanol–water partition coefficient (Wildman–Crippen LogP) is 2.02. The zero-order valence-corrected chi connectivity index (χ0v) is 18.0. The number of nitrogens with one attached hydrogen (secondary N) is 1. The fraction of sp³-hybridized carbons (Fsp3) is 0.435. The third-order valence-electron chi connectivity index (χ3n) is 6.24. The molecule has 0 radical (unpaired) electrons. The van der Waals surface area contributed by atoms with Gasteiger partial charge in [-0.3, -0.25) is 4.79 Å². The second-order valence-corrected chi connectivity index (χ2v) is 8.84. The van der Waals surface area contributed by atoms with Crippen LogP contribution in [0.2, 0.25) is 0 Å². The molecular formula is C23H27N5O4. The molecule has 0 bridgehead atoms. The number of aromatic nitrogens is 3. The molecule has 3 N–H and O–H groups in total. The number of anilines is 2. The number of nitrogens with zero attached hydrogens (tertiary/aromatic N) is 4. The topological polar surface area (TPSA) is 112 Å². The van der Waals surface area contributed by atoms with Crippen LogP contribution in [0.3, 0.4) is 0 Å². The fourth-order valence-corrected chi connectivity index (χ4v) is 4.50. The summed E-state index contributed by atoms with van der Waals surface area (Å²) < 4.78 is 7.62. The highest BCUT2D eigenvalue weighted by Crippen LogP contribution is 2.42. The number of aliphatic hydroxyl groups is 2. The molecule has 2 unspecified atom stereocenters. The number of ether oxygens (including phenoxy) is 1. The lowest BCUT2D eigenvalue weighted by molar-refractivity contribution is 0.0447. The number of hydrogen-bond acceptors (Lipinski definition) is 7. The molecule has 0 saturated carbocycles. The van der Waals surface area contributed by atoms with Crippen LogP contribution in [0, 0.1) is 0 Å². The average molecular weight is 438 g/mol. The van der Waals surface area contributed by atoms with Crippen molar-refractivity contribution < 1.29 is 19.7 Å². The first-order chi connectivity index (χ1) is 15.5. The number of carbonyl (C=O) groups is 1. The van der Waals surface area contributed by atoms with Gasteiger partial charge in [0.05, 0.1) is 30.3 Å². The summed E-state index contributed by atoms with van der Waals surface area (Å²) in [6.45, 7) is 3.23. The van der Waals surface area contributed by atoms with E-state index in [2.05, 4.69) is 20.3 Å². The Bertz CT molecular complexity index is 1160. The Morgan fingerprint density at radius 1 is 1.34 bits per heavy atom. The molecule has 168 valence electrons. The smallest absolute Gasteiger partial charge is 0.261 e. The standard InChI is InChI=1S/C23H27N5O4/c1-23(14-29)12-15-10-18(26-22(31)17-13-25-28-8-3-6-24-21(17)28)19(11-20(15)32-23)27-7-2-4-16(30)5-9-27/h3,6,8,10-11,13,16,29-30H,2,4-5,7,9,12,14H2,1H3,(H,26,31). The van der Waals surface area contributed by atoms with E-state index in [1.807, 2.05) is 19.1 Å². The summed E-state index contributed by atoms with van der Waals surface area (Å²) in [5, 5.41) is 27.1. The summed E-state index contributed by atoms with van der Waals surface area (Å²) in [6, 6.07) is 5.63. The third kappa shape index (κ3) is 3.78. The number of carbonyl (C=O) groups excluding carboxylic acids is 1. The first-order valence-electron chi connectivity index (χ1n) is 11.0. The molecule has 2 atom stereocenters. The van der Waals surface area contributed by atoms with Crippen molar-refractivity contribution in [3.63, 3.8) is 0 Å². The van der Waals surface area contributed by atoms with Crippen LogP contribution in [0.4, 0.5) is 11.4 Å². The minimum atomic E-state index is -0.677. The number of hydrogen-bond donors (Lipinski definition) is 3. The molecule has 32 heavy (non-hydrogen) atoms. The van der Waals surface area contributed by atoms with E-state index >= 15 is 0 Å². The lowest BCUT2D eigenvalue weighted by Crippen LogP contribution is -2.34. The summed E-state index contributed by atoms with van der Waals surface area (Å²) in [5.74, 6) is 0.426. The summed E-state index contributed by atoms with van der Waals surface area (Å²) in [7, 11) is 0. The molecule has 4 heterocycles. The van der Waals surface area contributed by atoms with E-state index in [1.165, 1.54) is 6.20 Å². The summed E-state index contributed by atoms with van der Waals surface area (Å²) in [4.78, 5) is 19.7. The Morgan fingerprint density at radius 2 is 2.22 bits per heavy atom. The highest BCUT2D eigenvalue weighted by Gasteiger charge is 2.36. The Hall–Kier alpha value is -3.17. The first kappa shape index (κ1) is 20.7. The van der Waals surface area contributed by atoms with E-state index in [9.17, 15) is 15.0 Å². The van der Waals surface area contributed by atoms with Gasteiger partial charge in [-0.05, 0) is 38.3 Å². The minimum Gasteiger partial charge on any atom is -0.484 e. The van der Waals surface area contributed by atoms with Crippen molar-refractivity contribution in [3.8, 4) is 5.75 Å². The van der Waals surface area contributed by atoms with Crippen molar-refractivity contribution in [3.05, 3.63) is 47.9 Å². The van der Waals surface area contributed by atoms with Gasteiger partial charge in [0, 0.05) is 43.5 Å². The van der Waals surface area contributed by atoms with Crippen LogP contribution in [0.15, 0.2) is 36.8 Å². The van der Waals surface area contributed by atoms with E-state index in [0.717, 1.165) is 36.4 Å². The van der Waals surface area contributed by atoms with Gasteiger partial charge in [0.15, 0.2) is 5.65 Å². The molecule has 3 aromatic rings. The highest BCUT2D eigenvalue weighted by molar-refractivity contribution is 6.09. The fourth-order valence-electron chi connectivity index (χ4n) is 4.50. The molecule has 1 amide bonds. The molecule has 9 heteroatoms. The van der Waals surface area contributed by atoms with Crippen LogP contribution in [0.5, 0.6) is 5.75 Å². The van der Waals surface area contributed by atoms with E-state index in [0.29, 0.717) is 36.3 Å². The quantitative estimate of drug-likeness (QED) is 0.572. The van der Waals surface area contributed by atoms with Crippen LogP contribution < -0.4 is 15.0 Å². The van der Waals surface area contributed by atoms with Crippen LogP contribution >= 0.6 is 0 Å². The van der Waals surface area contributed by atoms with Gasteiger partial charge < -0.3 is 25.2 Å².